The van der Waals surface area contributed by atoms with Crippen LogP contribution in [0.4, 0.5) is 0 Å². The molecule has 0 radical (unpaired) electrons. The summed E-state index contributed by atoms with van der Waals surface area (Å²) in [4.78, 5) is 1.55. The quantitative estimate of drug-likeness (QED) is 0.576. The van der Waals surface area contributed by atoms with Crippen LogP contribution in [-0.4, -0.2) is 59.8 Å². The van der Waals surface area contributed by atoms with Crippen LogP contribution in [0.3, 0.4) is 0 Å². The minimum atomic E-state index is 0.220. The third kappa shape index (κ3) is 4.04. The molecule has 0 aliphatic carbocycles. The Morgan fingerprint density at radius 1 is 1.31 bits per heavy atom. The highest BCUT2D eigenvalue weighted by atomic mass is 16.5. The molecule has 0 bridgehead atoms. The first kappa shape index (κ1) is 10.9. The number of methoxy groups -OCH3 is 2. The van der Waals surface area contributed by atoms with Crippen molar-refractivity contribution in [3.63, 3.8) is 0 Å². The number of ether oxygens (including phenoxy) is 3. The molecule has 1 heterocycles. The van der Waals surface area contributed by atoms with Crippen molar-refractivity contribution in [2.45, 2.75) is 6.10 Å². The summed E-state index contributed by atoms with van der Waals surface area (Å²) in [6, 6.07) is 0. The van der Waals surface area contributed by atoms with Gasteiger partial charge < -0.3 is 19.1 Å². The minimum Gasteiger partial charge on any atom is -0.382 e. The number of nitrogens with one attached hydrogen (secondary N) is 1. The summed E-state index contributed by atoms with van der Waals surface area (Å²) in [5, 5.41) is 0. The van der Waals surface area contributed by atoms with Gasteiger partial charge in [0.2, 0.25) is 0 Å². The summed E-state index contributed by atoms with van der Waals surface area (Å²) < 4.78 is 15.7. The maximum Gasteiger partial charge on any atom is 0.129 e. The summed E-state index contributed by atoms with van der Waals surface area (Å²) in [7, 11) is 3.45. The normalized spacial score (nSPS) is 21.7. The molecule has 0 saturated carbocycles. The predicted octanol–water partition coefficient (Wildman–Crippen LogP) is -1.44. The molecule has 0 aromatic rings. The van der Waals surface area contributed by atoms with E-state index in [2.05, 4.69) is 0 Å². The van der Waals surface area contributed by atoms with Gasteiger partial charge in [0.05, 0.1) is 19.8 Å². The number of quaternary nitrogens is 1. The van der Waals surface area contributed by atoms with Crippen LogP contribution in [0.15, 0.2) is 0 Å². The van der Waals surface area contributed by atoms with Gasteiger partial charge in [-0.05, 0) is 0 Å². The van der Waals surface area contributed by atoms with Crippen molar-refractivity contribution < 1.29 is 19.1 Å². The van der Waals surface area contributed by atoms with E-state index in [1.54, 1.807) is 19.1 Å². The van der Waals surface area contributed by atoms with Gasteiger partial charge in [-0.15, -0.1) is 0 Å². The second kappa shape index (κ2) is 6.32. The van der Waals surface area contributed by atoms with Crippen LogP contribution < -0.4 is 4.90 Å². The van der Waals surface area contributed by atoms with E-state index in [9.17, 15) is 0 Å². The first-order chi connectivity index (χ1) is 6.36. The monoisotopic (exact) mass is 190 g/mol. The van der Waals surface area contributed by atoms with Gasteiger partial charge in [0.15, 0.2) is 0 Å². The number of hydrogen-bond acceptors (Lipinski definition) is 3. The summed E-state index contributed by atoms with van der Waals surface area (Å²) in [6.07, 6.45) is 0.220. The van der Waals surface area contributed by atoms with E-state index in [0.717, 1.165) is 32.8 Å². The van der Waals surface area contributed by atoms with Gasteiger partial charge in [0.25, 0.3) is 0 Å². The molecule has 4 heteroatoms. The number of rotatable bonds is 5. The van der Waals surface area contributed by atoms with E-state index in [1.165, 1.54) is 0 Å². The molecule has 1 saturated heterocycles. The largest absolute Gasteiger partial charge is 0.382 e. The lowest BCUT2D eigenvalue weighted by molar-refractivity contribution is -0.911. The second-order valence-corrected chi connectivity index (χ2v) is 3.38. The fraction of sp³-hybridized carbons (Fsp3) is 1.00. The zero-order valence-corrected chi connectivity index (χ0v) is 8.54. The first-order valence-corrected chi connectivity index (χ1v) is 4.80. The lowest BCUT2D eigenvalue weighted by Gasteiger charge is -2.26. The van der Waals surface area contributed by atoms with Crippen LogP contribution in [0, 0.1) is 0 Å². The van der Waals surface area contributed by atoms with Crippen LogP contribution >= 0.6 is 0 Å². The first-order valence-electron chi connectivity index (χ1n) is 4.80. The Labute approximate surface area is 79.8 Å². The fourth-order valence-electron chi connectivity index (χ4n) is 1.58. The van der Waals surface area contributed by atoms with Gasteiger partial charge in [-0.3, -0.25) is 0 Å². The van der Waals surface area contributed by atoms with Gasteiger partial charge >= 0.3 is 0 Å². The molecule has 1 aliphatic rings. The molecule has 1 unspecified atom stereocenters. The van der Waals surface area contributed by atoms with Gasteiger partial charge in [0, 0.05) is 14.2 Å². The molecule has 0 aromatic heterocycles. The standard InChI is InChI=1S/C9H19NO3/c1-11-8-9(12-2)7-10-3-5-13-6-4-10/h9H,3-8H2,1-2H3/p+1. The lowest BCUT2D eigenvalue weighted by Crippen LogP contribution is -3.15. The molecule has 78 valence electrons. The maximum absolute atomic E-state index is 5.31. The van der Waals surface area contributed by atoms with E-state index in [-0.39, 0.29) is 6.10 Å². The van der Waals surface area contributed by atoms with Crippen molar-refractivity contribution in [2.24, 2.45) is 0 Å². The number of hydrogen-bond donors (Lipinski definition) is 1. The van der Waals surface area contributed by atoms with Crippen molar-refractivity contribution in [2.75, 3.05) is 53.7 Å². The van der Waals surface area contributed by atoms with Crippen LogP contribution in [0.1, 0.15) is 0 Å². The molecular formula is C9H20NO3+. The molecule has 0 spiro atoms. The molecule has 1 N–H and O–H groups in total. The Kier molecular flexibility index (Phi) is 5.31. The zero-order valence-electron chi connectivity index (χ0n) is 8.54. The van der Waals surface area contributed by atoms with Crippen molar-refractivity contribution in [1.82, 2.24) is 0 Å². The third-order valence-corrected chi connectivity index (χ3v) is 2.40. The second-order valence-electron chi connectivity index (χ2n) is 3.38. The maximum atomic E-state index is 5.31. The van der Waals surface area contributed by atoms with E-state index in [4.69, 9.17) is 14.2 Å². The Morgan fingerprint density at radius 3 is 2.54 bits per heavy atom. The van der Waals surface area contributed by atoms with Crippen molar-refractivity contribution in [3.05, 3.63) is 0 Å². The average molecular weight is 190 g/mol. The SMILES string of the molecule is COCC(C[NH+]1CCOCC1)OC. The zero-order chi connectivity index (χ0) is 9.52. The molecule has 1 aliphatic heterocycles. The molecule has 0 aromatic carbocycles. The molecule has 1 rings (SSSR count). The summed E-state index contributed by atoms with van der Waals surface area (Å²) in [6.45, 7) is 5.62. The van der Waals surface area contributed by atoms with Gasteiger partial charge in [-0.25, -0.2) is 0 Å². The Hall–Kier alpha value is -0.160. The minimum absolute atomic E-state index is 0.220. The highest BCUT2D eigenvalue weighted by Crippen LogP contribution is 1.87. The average Bonchev–Trinajstić information content (AvgIpc) is 2.19. The van der Waals surface area contributed by atoms with Crippen molar-refractivity contribution in [1.29, 1.82) is 0 Å². The summed E-state index contributed by atoms with van der Waals surface area (Å²) >= 11 is 0. The van der Waals surface area contributed by atoms with Crippen LogP contribution in [-0.2, 0) is 14.2 Å². The van der Waals surface area contributed by atoms with Gasteiger partial charge in [0.1, 0.15) is 25.7 Å². The van der Waals surface area contributed by atoms with E-state index in [1.807, 2.05) is 0 Å². The summed E-state index contributed by atoms with van der Waals surface area (Å²) in [5.74, 6) is 0. The van der Waals surface area contributed by atoms with Crippen LogP contribution in [0.5, 0.6) is 0 Å². The molecule has 1 atom stereocenters. The third-order valence-electron chi connectivity index (χ3n) is 2.40. The molecule has 0 amide bonds. The van der Waals surface area contributed by atoms with Crippen LogP contribution in [0.2, 0.25) is 0 Å². The Bertz CT molecular complexity index is 123. The van der Waals surface area contributed by atoms with Crippen molar-refractivity contribution in [3.8, 4) is 0 Å². The highest BCUT2D eigenvalue weighted by molar-refractivity contribution is 4.53. The van der Waals surface area contributed by atoms with Crippen LogP contribution in [0.25, 0.3) is 0 Å². The lowest BCUT2D eigenvalue weighted by atomic mass is 10.3. The fourth-order valence-corrected chi connectivity index (χ4v) is 1.58. The Balaban J connectivity index is 2.18. The molecule has 13 heavy (non-hydrogen) atoms. The molecular weight excluding hydrogens is 170 g/mol. The van der Waals surface area contributed by atoms with Gasteiger partial charge in [-0.2, -0.15) is 0 Å². The molecule has 1 fully saturated rings. The topological polar surface area (TPSA) is 32.1 Å². The van der Waals surface area contributed by atoms with Gasteiger partial charge in [-0.1, -0.05) is 0 Å². The summed E-state index contributed by atoms with van der Waals surface area (Å²) in [5.41, 5.74) is 0. The van der Waals surface area contributed by atoms with Crippen molar-refractivity contribution >= 4 is 0 Å². The predicted molar refractivity (Wildman–Crippen MR) is 49.1 cm³/mol. The number of morpholine rings is 1. The van der Waals surface area contributed by atoms with E-state index >= 15 is 0 Å². The van der Waals surface area contributed by atoms with E-state index in [0.29, 0.717) is 6.61 Å². The smallest absolute Gasteiger partial charge is 0.129 e. The Morgan fingerprint density at radius 2 is 2.00 bits per heavy atom. The molecule has 4 nitrogen and oxygen atoms in total. The van der Waals surface area contributed by atoms with E-state index < -0.39 is 0 Å². The highest BCUT2D eigenvalue weighted by Gasteiger charge is 2.19.